The molecule has 1 atom stereocenters. The maximum absolute atomic E-state index is 12.3. The van der Waals surface area contributed by atoms with Gasteiger partial charge in [0.2, 0.25) is 0 Å². The van der Waals surface area contributed by atoms with Crippen LogP contribution in [-0.2, 0) is 4.74 Å². The number of carbonyl (C=O) groups is 1. The Morgan fingerprint density at radius 1 is 1.27 bits per heavy atom. The van der Waals surface area contributed by atoms with Crippen LogP contribution in [0, 0.1) is 30.9 Å². The van der Waals surface area contributed by atoms with Gasteiger partial charge in [-0.1, -0.05) is 12.1 Å². The van der Waals surface area contributed by atoms with Crippen LogP contribution in [0.2, 0.25) is 0 Å². The molecule has 0 aliphatic rings. The molecule has 0 aliphatic heterocycles. The van der Waals surface area contributed by atoms with Crippen LogP contribution in [0.25, 0.3) is 0 Å². The second kappa shape index (κ2) is 6.01. The highest BCUT2D eigenvalue weighted by Gasteiger charge is 2.22. The summed E-state index contributed by atoms with van der Waals surface area (Å²) in [5.41, 5.74) is 1.69. The van der Waals surface area contributed by atoms with Gasteiger partial charge < -0.3 is 9.15 Å². The zero-order chi connectivity index (χ0) is 16.4. The zero-order valence-corrected chi connectivity index (χ0v) is 12.9. The first kappa shape index (κ1) is 15.8. The fourth-order valence-corrected chi connectivity index (χ4v) is 2.27. The van der Waals surface area contributed by atoms with Gasteiger partial charge >= 0.3 is 5.97 Å². The number of nitrogens with zero attached hydrogens (tertiary/aromatic N) is 1. The van der Waals surface area contributed by atoms with Crippen molar-refractivity contribution in [1.29, 1.82) is 0 Å². The van der Waals surface area contributed by atoms with Crippen molar-refractivity contribution in [1.82, 2.24) is 0 Å². The largest absolute Gasteiger partial charge is 0.465 e. The maximum Gasteiger partial charge on any atom is 0.342 e. The lowest BCUT2D eigenvalue weighted by atomic mass is 10.1. The quantitative estimate of drug-likeness (QED) is 0.483. The summed E-state index contributed by atoms with van der Waals surface area (Å²) < 4.78 is 10.8. The van der Waals surface area contributed by atoms with Crippen LogP contribution in [0.15, 0.2) is 28.7 Å². The van der Waals surface area contributed by atoms with Crippen LogP contribution in [0.4, 0.5) is 5.69 Å². The molecular weight excluding hydrogens is 286 g/mol. The third kappa shape index (κ3) is 3.00. The predicted octanol–water partition coefficient (Wildman–Crippen LogP) is 4.03. The van der Waals surface area contributed by atoms with Crippen LogP contribution < -0.4 is 0 Å². The van der Waals surface area contributed by atoms with E-state index in [4.69, 9.17) is 9.15 Å². The average Bonchev–Trinajstić information content (AvgIpc) is 2.72. The summed E-state index contributed by atoms with van der Waals surface area (Å²) in [6, 6.07) is 6.05. The number of benzene rings is 1. The van der Waals surface area contributed by atoms with E-state index in [9.17, 15) is 14.9 Å². The van der Waals surface area contributed by atoms with Crippen LogP contribution in [-0.4, -0.2) is 10.9 Å². The molecule has 1 unspecified atom stereocenters. The van der Waals surface area contributed by atoms with Crippen molar-refractivity contribution >= 4 is 11.7 Å². The van der Waals surface area contributed by atoms with Gasteiger partial charge in [0.15, 0.2) is 0 Å². The van der Waals surface area contributed by atoms with Gasteiger partial charge in [-0.3, -0.25) is 10.1 Å². The molecule has 0 spiro atoms. The lowest BCUT2D eigenvalue weighted by Gasteiger charge is -2.13. The second-order valence-electron chi connectivity index (χ2n) is 5.11. The summed E-state index contributed by atoms with van der Waals surface area (Å²) in [5, 5.41) is 10.8. The van der Waals surface area contributed by atoms with Gasteiger partial charge in [0.05, 0.1) is 4.92 Å². The van der Waals surface area contributed by atoms with E-state index in [1.807, 2.05) is 0 Å². The Balaban J connectivity index is 2.21. The fraction of sp³-hybridized carbons (Fsp3) is 0.312. The molecule has 2 aromatic rings. The third-order valence-corrected chi connectivity index (χ3v) is 3.60. The smallest absolute Gasteiger partial charge is 0.342 e. The van der Waals surface area contributed by atoms with E-state index in [2.05, 4.69) is 0 Å². The Labute approximate surface area is 127 Å². The molecule has 0 amide bonds. The lowest BCUT2D eigenvalue weighted by Crippen LogP contribution is -2.11. The number of carbonyl (C=O) groups excluding carboxylic acids is 1. The molecule has 116 valence electrons. The standard InChI is InChI=1S/C16H17NO5/c1-9-10(2)21-12(4)15(9)16(18)22-11(3)13-6-5-7-14(8-13)17(19)20/h5-8,11H,1-4H3. The first-order valence-electron chi connectivity index (χ1n) is 6.83. The minimum absolute atomic E-state index is 0.0353. The highest BCUT2D eigenvalue weighted by Crippen LogP contribution is 2.26. The molecule has 6 nitrogen and oxygen atoms in total. The van der Waals surface area contributed by atoms with E-state index >= 15 is 0 Å². The molecule has 0 N–H and O–H groups in total. The van der Waals surface area contributed by atoms with E-state index in [0.717, 1.165) is 5.56 Å². The monoisotopic (exact) mass is 303 g/mol. The van der Waals surface area contributed by atoms with Gasteiger partial charge in [0, 0.05) is 17.7 Å². The summed E-state index contributed by atoms with van der Waals surface area (Å²) in [7, 11) is 0. The topological polar surface area (TPSA) is 82.6 Å². The summed E-state index contributed by atoms with van der Waals surface area (Å²) in [6.45, 7) is 6.95. The van der Waals surface area contributed by atoms with Crippen molar-refractivity contribution in [2.75, 3.05) is 0 Å². The first-order valence-corrected chi connectivity index (χ1v) is 6.83. The highest BCUT2D eigenvalue weighted by atomic mass is 16.6. The molecule has 1 aromatic heterocycles. The number of nitro groups is 1. The molecule has 2 rings (SSSR count). The molecule has 0 saturated heterocycles. The van der Waals surface area contributed by atoms with Crippen molar-refractivity contribution in [3.05, 3.63) is 62.6 Å². The van der Waals surface area contributed by atoms with Gasteiger partial charge in [-0.25, -0.2) is 4.79 Å². The van der Waals surface area contributed by atoms with Gasteiger partial charge in [-0.2, -0.15) is 0 Å². The van der Waals surface area contributed by atoms with Gasteiger partial charge in [-0.15, -0.1) is 0 Å². The zero-order valence-electron chi connectivity index (χ0n) is 12.9. The molecule has 0 radical (unpaired) electrons. The maximum atomic E-state index is 12.3. The Bertz CT molecular complexity index is 732. The second-order valence-corrected chi connectivity index (χ2v) is 5.11. The van der Waals surface area contributed by atoms with E-state index in [-0.39, 0.29) is 5.69 Å². The Hall–Kier alpha value is -2.63. The summed E-state index contributed by atoms with van der Waals surface area (Å²) in [5.74, 6) is 0.685. The Morgan fingerprint density at radius 2 is 1.95 bits per heavy atom. The van der Waals surface area contributed by atoms with Crippen molar-refractivity contribution < 1.29 is 18.9 Å². The van der Waals surface area contributed by atoms with E-state index < -0.39 is 17.0 Å². The number of non-ortho nitro benzene ring substituents is 1. The number of furan rings is 1. The molecule has 0 aliphatic carbocycles. The van der Waals surface area contributed by atoms with Crippen LogP contribution in [0.3, 0.4) is 0 Å². The SMILES string of the molecule is Cc1oc(C)c(C(=O)OC(C)c2cccc([N+](=O)[O-])c2)c1C. The Kier molecular flexibility index (Phi) is 4.30. The molecule has 0 fully saturated rings. The Morgan fingerprint density at radius 3 is 2.50 bits per heavy atom. The van der Waals surface area contributed by atoms with Crippen molar-refractivity contribution in [3.63, 3.8) is 0 Å². The third-order valence-electron chi connectivity index (χ3n) is 3.60. The first-order chi connectivity index (χ1) is 10.3. The van der Waals surface area contributed by atoms with Gasteiger partial charge in [-0.05, 0) is 33.3 Å². The number of ether oxygens (including phenoxy) is 1. The van der Waals surface area contributed by atoms with Crippen molar-refractivity contribution in [3.8, 4) is 0 Å². The summed E-state index contributed by atoms with van der Waals surface area (Å²) >= 11 is 0. The molecule has 1 aromatic carbocycles. The number of hydrogen-bond donors (Lipinski definition) is 0. The highest BCUT2D eigenvalue weighted by molar-refractivity contribution is 5.92. The average molecular weight is 303 g/mol. The van der Waals surface area contributed by atoms with Crippen LogP contribution in [0.1, 0.15) is 46.0 Å². The minimum Gasteiger partial charge on any atom is -0.465 e. The van der Waals surface area contributed by atoms with Crippen LogP contribution in [0.5, 0.6) is 0 Å². The minimum atomic E-state index is -0.596. The molecule has 0 bridgehead atoms. The molecular formula is C16H17NO5. The molecule has 6 heteroatoms. The van der Waals surface area contributed by atoms with Crippen molar-refractivity contribution in [2.45, 2.75) is 33.8 Å². The van der Waals surface area contributed by atoms with E-state index in [0.29, 0.717) is 22.6 Å². The number of aryl methyl sites for hydroxylation is 2. The number of nitro benzene ring substituents is 1. The predicted molar refractivity (Wildman–Crippen MR) is 79.8 cm³/mol. The molecule has 0 saturated carbocycles. The van der Waals surface area contributed by atoms with E-state index in [1.165, 1.54) is 12.1 Å². The number of esters is 1. The lowest BCUT2D eigenvalue weighted by molar-refractivity contribution is -0.385. The number of hydrogen-bond acceptors (Lipinski definition) is 5. The number of rotatable bonds is 4. The molecule has 22 heavy (non-hydrogen) atoms. The molecule has 1 heterocycles. The van der Waals surface area contributed by atoms with Gasteiger partial charge in [0.25, 0.3) is 5.69 Å². The van der Waals surface area contributed by atoms with Crippen LogP contribution >= 0.6 is 0 Å². The summed E-state index contributed by atoms with van der Waals surface area (Å²) in [4.78, 5) is 22.6. The van der Waals surface area contributed by atoms with Crippen molar-refractivity contribution in [2.24, 2.45) is 0 Å². The van der Waals surface area contributed by atoms with E-state index in [1.54, 1.807) is 39.8 Å². The normalized spacial score (nSPS) is 12.0. The fourth-order valence-electron chi connectivity index (χ4n) is 2.27. The summed E-state index contributed by atoms with van der Waals surface area (Å²) in [6.07, 6.45) is -0.596. The van der Waals surface area contributed by atoms with Gasteiger partial charge in [0.1, 0.15) is 23.2 Å².